The van der Waals surface area contributed by atoms with E-state index in [1.165, 1.54) is 0 Å². The van der Waals surface area contributed by atoms with Gasteiger partial charge >= 0.3 is 0 Å². The summed E-state index contributed by atoms with van der Waals surface area (Å²) in [7, 11) is 0. The first-order valence-electron chi connectivity index (χ1n) is 9.11. The fourth-order valence-corrected chi connectivity index (χ4v) is 4.47. The van der Waals surface area contributed by atoms with Crippen LogP contribution in [0.3, 0.4) is 0 Å². The Morgan fingerprint density at radius 3 is 2.54 bits per heavy atom. The van der Waals surface area contributed by atoms with E-state index in [2.05, 4.69) is 10.5 Å². The molecule has 1 aromatic heterocycles. The van der Waals surface area contributed by atoms with Crippen LogP contribution in [-0.4, -0.2) is 30.5 Å². The molecule has 1 N–H and O–H groups in total. The number of benzene rings is 1. The second-order valence-electron chi connectivity index (χ2n) is 7.37. The Hall–Kier alpha value is -1.11. The molecule has 1 aromatic carbocycles. The molecule has 1 spiro atoms. The number of ether oxygens (including phenoxy) is 2. The fourth-order valence-electron chi connectivity index (χ4n) is 3.89. The third kappa shape index (κ3) is 2.86. The maximum atomic E-state index is 6.45. The highest BCUT2D eigenvalue weighted by atomic mass is 35.5. The lowest BCUT2D eigenvalue weighted by molar-refractivity contribution is -0.101. The zero-order valence-electron chi connectivity index (χ0n) is 14.3. The van der Waals surface area contributed by atoms with Crippen molar-refractivity contribution in [2.24, 2.45) is 0 Å². The average Bonchev–Trinajstić information content (AvgIpc) is 3.28. The van der Waals surface area contributed by atoms with Gasteiger partial charge in [-0.3, -0.25) is 0 Å². The number of nitrogens with one attached hydrogen (secondary N) is 1. The SMILES string of the molecule is Clc1cccc(Cl)c1-c1noc(C2CC2)c1C1OCC2(CCNCC2)O1. The molecule has 0 radical (unpaired) electrons. The molecule has 1 aliphatic carbocycles. The Labute approximate surface area is 161 Å². The summed E-state index contributed by atoms with van der Waals surface area (Å²) in [4.78, 5) is 0. The topological polar surface area (TPSA) is 56.5 Å². The van der Waals surface area contributed by atoms with Gasteiger partial charge in [0.2, 0.25) is 0 Å². The van der Waals surface area contributed by atoms with Crippen molar-refractivity contribution >= 4 is 23.2 Å². The van der Waals surface area contributed by atoms with Gasteiger partial charge in [-0.1, -0.05) is 34.4 Å². The molecule has 1 atom stereocenters. The van der Waals surface area contributed by atoms with Gasteiger partial charge in [0, 0.05) is 11.5 Å². The molecule has 3 heterocycles. The van der Waals surface area contributed by atoms with Crippen molar-refractivity contribution < 1.29 is 14.0 Å². The van der Waals surface area contributed by atoms with Gasteiger partial charge in [0.1, 0.15) is 11.5 Å². The Morgan fingerprint density at radius 1 is 1.12 bits per heavy atom. The van der Waals surface area contributed by atoms with Crippen molar-refractivity contribution in [2.75, 3.05) is 19.7 Å². The molecular weight excluding hydrogens is 375 g/mol. The number of hydrogen-bond donors (Lipinski definition) is 1. The van der Waals surface area contributed by atoms with Crippen LogP contribution >= 0.6 is 23.2 Å². The van der Waals surface area contributed by atoms with Crippen LogP contribution in [0.15, 0.2) is 22.7 Å². The predicted molar refractivity (Wildman–Crippen MR) is 98.5 cm³/mol. The molecule has 138 valence electrons. The van der Waals surface area contributed by atoms with Gasteiger partial charge in [-0.15, -0.1) is 0 Å². The first-order chi connectivity index (χ1) is 12.7. The molecule has 2 saturated heterocycles. The van der Waals surface area contributed by atoms with Crippen molar-refractivity contribution in [3.63, 3.8) is 0 Å². The van der Waals surface area contributed by atoms with Crippen LogP contribution in [0.25, 0.3) is 11.3 Å². The molecule has 2 aliphatic heterocycles. The highest BCUT2D eigenvalue weighted by molar-refractivity contribution is 6.39. The van der Waals surface area contributed by atoms with Gasteiger partial charge in [0.05, 0.1) is 27.8 Å². The average molecular weight is 395 g/mol. The molecule has 0 amide bonds. The molecule has 0 bridgehead atoms. The Balaban J connectivity index is 1.57. The molecule has 1 unspecified atom stereocenters. The molecular formula is C19H20Cl2N2O3. The van der Waals surface area contributed by atoms with Crippen LogP contribution < -0.4 is 5.32 Å². The summed E-state index contributed by atoms with van der Waals surface area (Å²) in [6.07, 6.45) is 3.59. The number of aromatic nitrogens is 1. The zero-order valence-corrected chi connectivity index (χ0v) is 15.8. The fraction of sp³-hybridized carbons (Fsp3) is 0.526. The summed E-state index contributed by atoms with van der Waals surface area (Å²) >= 11 is 12.9. The lowest BCUT2D eigenvalue weighted by Crippen LogP contribution is -2.43. The Bertz CT molecular complexity index is 808. The summed E-state index contributed by atoms with van der Waals surface area (Å²) < 4.78 is 18.3. The van der Waals surface area contributed by atoms with Crippen molar-refractivity contribution in [3.8, 4) is 11.3 Å². The standard InChI is InChI=1S/C19H20Cl2N2O3/c20-12-2-1-3-13(21)14(12)16-15(17(26-23-16)11-4-5-11)18-24-10-19(25-18)6-8-22-9-7-19/h1-3,11,18,22H,4-10H2. The van der Waals surface area contributed by atoms with Crippen molar-refractivity contribution in [3.05, 3.63) is 39.6 Å². The van der Waals surface area contributed by atoms with Gasteiger partial charge in [-0.2, -0.15) is 0 Å². The van der Waals surface area contributed by atoms with E-state index in [1.807, 2.05) is 18.2 Å². The summed E-state index contributed by atoms with van der Waals surface area (Å²) in [6.45, 7) is 2.47. The van der Waals surface area contributed by atoms with E-state index in [-0.39, 0.29) is 5.60 Å². The van der Waals surface area contributed by atoms with E-state index in [0.29, 0.717) is 33.8 Å². The molecule has 1 saturated carbocycles. The van der Waals surface area contributed by atoms with Gasteiger partial charge in [-0.05, 0) is 50.9 Å². The predicted octanol–water partition coefficient (Wildman–Crippen LogP) is 4.69. The number of halogens is 2. The minimum atomic E-state index is -0.489. The molecule has 2 aromatic rings. The minimum absolute atomic E-state index is 0.227. The number of hydrogen-bond acceptors (Lipinski definition) is 5. The molecule has 5 rings (SSSR count). The molecule has 26 heavy (non-hydrogen) atoms. The normalized spacial score (nSPS) is 25.1. The second-order valence-corrected chi connectivity index (χ2v) is 8.19. The Kier molecular flexibility index (Phi) is 4.25. The zero-order chi connectivity index (χ0) is 17.7. The van der Waals surface area contributed by atoms with E-state index in [1.54, 1.807) is 0 Å². The van der Waals surface area contributed by atoms with Crippen LogP contribution in [0.4, 0.5) is 0 Å². The van der Waals surface area contributed by atoms with Crippen LogP contribution in [0.2, 0.25) is 10.0 Å². The van der Waals surface area contributed by atoms with E-state index in [4.69, 9.17) is 37.2 Å². The van der Waals surface area contributed by atoms with E-state index < -0.39 is 6.29 Å². The second kappa shape index (κ2) is 6.50. The molecule has 3 aliphatic rings. The molecule has 5 nitrogen and oxygen atoms in total. The van der Waals surface area contributed by atoms with Crippen LogP contribution in [0, 0.1) is 0 Å². The quantitative estimate of drug-likeness (QED) is 0.817. The highest BCUT2D eigenvalue weighted by Crippen LogP contribution is 2.51. The van der Waals surface area contributed by atoms with Gasteiger partial charge < -0.3 is 19.3 Å². The molecule has 3 fully saturated rings. The van der Waals surface area contributed by atoms with Crippen LogP contribution in [-0.2, 0) is 9.47 Å². The summed E-state index contributed by atoms with van der Waals surface area (Å²) in [6, 6.07) is 5.44. The maximum absolute atomic E-state index is 6.45. The van der Waals surface area contributed by atoms with E-state index >= 15 is 0 Å². The Morgan fingerprint density at radius 2 is 1.85 bits per heavy atom. The maximum Gasteiger partial charge on any atom is 0.190 e. The van der Waals surface area contributed by atoms with E-state index in [9.17, 15) is 0 Å². The van der Waals surface area contributed by atoms with Crippen molar-refractivity contribution in [1.82, 2.24) is 10.5 Å². The lowest BCUT2D eigenvalue weighted by atomic mass is 9.93. The highest BCUT2D eigenvalue weighted by Gasteiger charge is 2.46. The number of piperidine rings is 1. The van der Waals surface area contributed by atoms with Crippen LogP contribution in [0.5, 0.6) is 0 Å². The largest absolute Gasteiger partial charge is 0.360 e. The van der Waals surface area contributed by atoms with Crippen molar-refractivity contribution in [1.29, 1.82) is 0 Å². The van der Waals surface area contributed by atoms with Gasteiger partial charge in [0.15, 0.2) is 6.29 Å². The first-order valence-corrected chi connectivity index (χ1v) is 9.86. The lowest BCUT2D eigenvalue weighted by Gasteiger charge is -2.31. The third-order valence-corrected chi connectivity index (χ3v) is 6.14. The summed E-state index contributed by atoms with van der Waals surface area (Å²) in [5.41, 5.74) is 1.95. The first kappa shape index (κ1) is 17.0. The van der Waals surface area contributed by atoms with E-state index in [0.717, 1.165) is 50.1 Å². The monoisotopic (exact) mass is 394 g/mol. The number of rotatable bonds is 3. The smallest absolute Gasteiger partial charge is 0.190 e. The third-order valence-electron chi connectivity index (χ3n) is 5.51. The van der Waals surface area contributed by atoms with Crippen molar-refractivity contribution in [2.45, 2.75) is 43.5 Å². The minimum Gasteiger partial charge on any atom is -0.360 e. The molecule has 7 heteroatoms. The summed E-state index contributed by atoms with van der Waals surface area (Å²) in [5, 5.41) is 8.80. The van der Waals surface area contributed by atoms with Gasteiger partial charge in [-0.25, -0.2) is 0 Å². The van der Waals surface area contributed by atoms with Gasteiger partial charge in [0.25, 0.3) is 0 Å². The summed E-state index contributed by atoms with van der Waals surface area (Å²) in [5.74, 6) is 1.23. The number of nitrogens with zero attached hydrogens (tertiary/aromatic N) is 1. The van der Waals surface area contributed by atoms with Crippen LogP contribution in [0.1, 0.15) is 49.2 Å².